The summed E-state index contributed by atoms with van der Waals surface area (Å²) >= 11 is 6.22. The Labute approximate surface area is 162 Å². The molecular weight excluding hydrogens is 372 g/mol. The molecular formula is C18H23ClN4O4. The smallest absolute Gasteiger partial charge is 0.227 e. The zero-order chi connectivity index (χ0) is 19.4. The molecule has 0 spiro atoms. The molecule has 1 aliphatic rings. The fraction of sp³-hybridized carbons (Fsp3) is 0.500. The molecule has 146 valence electrons. The van der Waals surface area contributed by atoms with E-state index in [0.717, 1.165) is 19.5 Å². The molecule has 2 heterocycles. The van der Waals surface area contributed by atoms with Crippen LogP contribution >= 0.6 is 11.6 Å². The maximum absolute atomic E-state index is 12.3. The van der Waals surface area contributed by atoms with Gasteiger partial charge < -0.3 is 24.6 Å². The van der Waals surface area contributed by atoms with Gasteiger partial charge in [0.25, 0.3) is 0 Å². The number of methoxy groups -OCH3 is 2. The number of rotatable bonds is 7. The number of aryl methyl sites for hydroxylation is 1. The fourth-order valence-electron chi connectivity index (χ4n) is 3.14. The van der Waals surface area contributed by atoms with Gasteiger partial charge in [0.05, 0.1) is 19.2 Å². The summed E-state index contributed by atoms with van der Waals surface area (Å²) in [6.45, 7) is 2.11. The number of hydrogen-bond acceptors (Lipinski definition) is 7. The lowest BCUT2D eigenvalue weighted by atomic mass is 10.1. The maximum atomic E-state index is 12.3. The molecule has 2 N–H and O–H groups in total. The predicted molar refractivity (Wildman–Crippen MR) is 99.9 cm³/mol. The number of benzene rings is 1. The minimum atomic E-state index is 0.0832. The first-order chi connectivity index (χ1) is 13.0. The number of ether oxygens (including phenoxy) is 2. The average molecular weight is 395 g/mol. The number of amides is 1. The van der Waals surface area contributed by atoms with Crippen LogP contribution in [0.1, 0.15) is 18.7 Å². The van der Waals surface area contributed by atoms with Crippen molar-refractivity contribution in [2.75, 3.05) is 33.9 Å². The predicted octanol–water partition coefficient (Wildman–Crippen LogP) is 2.15. The summed E-state index contributed by atoms with van der Waals surface area (Å²) in [6.07, 6.45) is 1.68. The second-order valence-corrected chi connectivity index (χ2v) is 6.84. The summed E-state index contributed by atoms with van der Waals surface area (Å²) in [5.74, 6) is 2.19. The highest BCUT2D eigenvalue weighted by molar-refractivity contribution is 6.32. The molecule has 1 aromatic heterocycles. The van der Waals surface area contributed by atoms with Crippen LogP contribution in [0.15, 0.2) is 16.7 Å². The van der Waals surface area contributed by atoms with Crippen LogP contribution in [-0.4, -0.2) is 54.8 Å². The number of hydrogen-bond donors (Lipinski definition) is 1. The molecule has 1 aliphatic heterocycles. The van der Waals surface area contributed by atoms with Crippen LogP contribution in [0, 0.1) is 5.92 Å². The van der Waals surface area contributed by atoms with Crippen LogP contribution in [-0.2, 0) is 11.2 Å². The van der Waals surface area contributed by atoms with Gasteiger partial charge in [-0.3, -0.25) is 4.79 Å². The summed E-state index contributed by atoms with van der Waals surface area (Å²) in [5.41, 5.74) is 6.31. The second kappa shape index (κ2) is 8.58. The molecule has 27 heavy (non-hydrogen) atoms. The lowest BCUT2D eigenvalue weighted by molar-refractivity contribution is -0.130. The van der Waals surface area contributed by atoms with Gasteiger partial charge in [0, 0.05) is 31.5 Å². The molecule has 1 fully saturated rings. The van der Waals surface area contributed by atoms with Gasteiger partial charge >= 0.3 is 0 Å². The summed E-state index contributed by atoms with van der Waals surface area (Å²) in [5, 5.41) is 4.36. The SMILES string of the molecule is COc1cc(-c2noc(CCC(=O)N3CC[C@H](CN)C3)n2)cc(Cl)c1OC. The van der Waals surface area contributed by atoms with Crippen molar-refractivity contribution in [2.45, 2.75) is 19.3 Å². The number of halogens is 1. The second-order valence-electron chi connectivity index (χ2n) is 6.44. The van der Waals surface area contributed by atoms with E-state index in [1.165, 1.54) is 14.2 Å². The third kappa shape index (κ3) is 4.33. The number of nitrogens with zero attached hydrogens (tertiary/aromatic N) is 3. The van der Waals surface area contributed by atoms with Crippen molar-refractivity contribution in [2.24, 2.45) is 11.7 Å². The van der Waals surface area contributed by atoms with Gasteiger partial charge in [-0.15, -0.1) is 0 Å². The lowest BCUT2D eigenvalue weighted by Crippen LogP contribution is -2.30. The van der Waals surface area contributed by atoms with Gasteiger partial charge in [-0.1, -0.05) is 16.8 Å². The van der Waals surface area contributed by atoms with E-state index in [1.807, 2.05) is 4.90 Å². The third-order valence-corrected chi connectivity index (χ3v) is 4.97. The summed E-state index contributed by atoms with van der Waals surface area (Å²) in [6, 6.07) is 3.40. The molecule has 0 aliphatic carbocycles. The molecule has 1 atom stereocenters. The van der Waals surface area contributed by atoms with Crippen molar-refractivity contribution in [3.05, 3.63) is 23.0 Å². The van der Waals surface area contributed by atoms with Crippen LogP contribution in [0.2, 0.25) is 5.02 Å². The quantitative estimate of drug-likeness (QED) is 0.767. The average Bonchev–Trinajstić information content (AvgIpc) is 3.34. The first-order valence-electron chi connectivity index (χ1n) is 8.78. The van der Waals surface area contributed by atoms with E-state index in [0.29, 0.717) is 59.1 Å². The van der Waals surface area contributed by atoms with Gasteiger partial charge in [-0.05, 0) is 31.0 Å². The Hall–Kier alpha value is -2.32. The van der Waals surface area contributed by atoms with E-state index in [-0.39, 0.29) is 5.91 Å². The van der Waals surface area contributed by atoms with Crippen molar-refractivity contribution in [3.8, 4) is 22.9 Å². The van der Waals surface area contributed by atoms with Crippen LogP contribution in [0.25, 0.3) is 11.4 Å². The van der Waals surface area contributed by atoms with E-state index in [4.69, 9.17) is 31.3 Å². The van der Waals surface area contributed by atoms with Crippen molar-refractivity contribution in [3.63, 3.8) is 0 Å². The normalized spacial score (nSPS) is 16.6. The first kappa shape index (κ1) is 19.4. The molecule has 0 unspecified atom stereocenters. The molecule has 0 radical (unpaired) electrons. The Kier molecular flexibility index (Phi) is 6.18. The maximum Gasteiger partial charge on any atom is 0.227 e. The van der Waals surface area contributed by atoms with E-state index in [1.54, 1.807) is 12.1 Å². The molecule has 9 heteroatoms. The van der Waals surface area contributed by atoms with E-state index >= 15 is 0 Å². The highest BCUT2D eigenvalue weighted by Gasteiger charge is 2.25. The topological polar surface area (TPSA) is 104 Å². The van der Waals surface area contributed by atoms with Gasteiger partial charge in [0.1, 0.15) is 0 Å². The van der Waals surface area contributed by atoms with Crippen molar-refractivity contribution >= 4 is 17.5 Å². The van der Waals surface area contributed by atoms with Gasteiger partial charge in [0.2, 0.25) is 17.6 Å². The Morgan fingerprint density at radius 1 is 1.41 bits per heavy atom. The zero-order valence-electron chi connectivity index (χ0n) is 15.4. The van der Waals surface area contributed by atoms with E-state index < -0.39 is 0 Å². The van der Waals surface area contributed by atoms with Gasteiger partial charge in [-0.25, -0.2) is 0 Å². The highest BCUT2D eigenvalue weighted by Crippen LogP contribution is 2.38. The summed E-state index contributed by atoms with van der Waals surface area (Å²) in [7, 11) is 3.04. The minimum absolute atomic E-state index is 0.0832. The lowest BCUT2D eigenvalue weighted by Gasteiger charge is -2.15. The Bertz CT molecular complexity index is 811. The van der Waals surface area contributed by atoms with Crippen LogP contribution in [0.4, 0.5) is 0 Å². The minimum Gasteiger partial charge on any atom is -0.493 e. The zero-order valence-corrected chi connectivity index (χ0v) is 16.2. The standard InChI is InChI=1S/C18H23ClN4O4/c1-25-14-8-12(7-13(19)17(14)26-2)18-21-15(27-22-18)3-4-16(24)23-6-5-11(9-20)10-23/h7-8,11H,3-6,9-10,20H2,1-2H3/t11-/m1/s1. The molecule has 0 bridgehead atoms. The first-order valence-corrected chi connectivity index (χ1v) is 9.15. The number of carbonyl (C=O) groups is 1. The Balaban J connectivity index is 1.65. The van der Waals surface area contributed by atoms with E-state index in [9.17, 15) is 4.79 Å². The van der Waals surface area contributed by atoms with E-state index in [2.05, 4.69) is 10.1 Å². The monoisotopic (exact) mass is 394 g/mol. The largest absolute Gasteiger partial charge is 0.493 e. The number of likely N-dealkylation sites (tertiary alicyclic amines) is 1. The molecule has 1 amide bonds. The fourth-order valence-corrected chi connectivity index (χ4v) is 3.43. The van der Waals surface area contributed by atoms with Gasteiger partial charge in [-0.2, -0.15) is 4.98 Å². The molecule has 0 saturated carbocycles. The molecule has 2 aromatic rings. The molecule has 3 rings (SSSR count). The van der Waals surface area contributed by atoms with Crippen LogP contribution in [0.5, 0.6) is 11.5 Å². The summed E-state index contributed by atoms with van der Waals surface area (Å²) < 4.78 is 15.8. The van der Waals surface area contributed by atoms with Crippen molar-refractivity contribution in [1.82, 2.24) is 15.0 Å². The third-order valence-electron chi connectivity index (χ3n) is 4.68. The number of aromatic nitrogens is 2. The van der Waals surface area contributed by atoms with Crippen LogP contribution < -0.4 is 15.2 Å². The van der Waals surface area contributed by atoms with Crippen molar-refractivity contribution < 1.29 is 18.8 Å². The summed E-state index contributed by atoms with van der Waals surface area (Å²) in [4.78, 5) is 18.5. The molecule has 1 aromatic carbocycles. The van der Waals surface area contributed by atoms with Gasteiger partial charge in [0.15, 0.2) is 11.5 Å². The van der Waals surface area contributed by atoms with Crippen molar-refractivity contribution in [1.29, 1.82) is 0 Å². The number of nitrogens with two attached hydrogens (primary N) is 1. The number of carbonyl (C=O) groups excluding carboxylic acids is 1. The Morgan fingerprint density at radius 3 is 2.89 bits per heavy atom. The Morgan fingerprint density at radius 2 is 2.22 bits per heavy atom. The van der Waals surface area contributed by atoms with Crippen LogP contribution in [0.3, 0.4) is 0 Å². The highest BCUT2D eigenvalue weighted by atomic mass is 35.5. The molecule has 1 saturated heterocycles. The molecule has 8 nitrogen and oxygen atoms in total.